The highest BCUT2D eigenvalue weighted by molar-refractivity contribution is 5.75. The van der Waals surface area contributed by atoms with Crippen LogP contribution in [0, 0.1) is 0 Å². The first-order valence-corrected chi connectivity index (χ1v) is 5.64. The normalized spacial score (nSPS) is 11.7. The number of carboxylic acid groups (broad SMARTS) is 1. The molecule has 6 heteroatoms. The van der Waals surface area contributed by atoms with Crippen molar-refractivity contribution in [2.24, 2.45) is 0 Å². The van der Waals surface area contributed by atoms with Crippen LogP contribution in [0.15, 0.2) is 18.2 Å². The van der Waals surface area contributed by atoms with Gasteiger partial charge in [-0.25, -0.2) is 4.79 Å². The number of carbonyl (C=O) groups is 2. The number of aryl methyl sites for hydroxylation is 1. The predicted molar refractivity (Wildman–Crippen MR) is 65.9 cm³/mol. The Hall–Kier alpha value is -2.08. The molecule has 0 bridgehead atoms. The zero-order valence-electron chi connectivity index (χ0n) is 10.8. The first kappa shape index (κ1) is 15.0. The number of carboxylic acids is 1. The molecule has 6 nitrogen and oxygen atoms in total. The van der Waals surface area contributed by atoms with Crippen LogP contribution in [-0.2, 0) is 20.7 Å². The third-order valence-electron chi connectivity index (χ3n) is 2.70. The number of aliphatic carboxylic acids is 1. The average molecular weight is 268 g/mol. The van der Waals surface area contributed by atoms with Gasteiger partial charge in [-0.1, -0.05) is 6.07 Å². The maximum atomic E-state index is 11.1. The molecular formula is C13H16O6. The SMILES string of the molecule is COC(=O)CCc1cc(OC)ccc1C(O)C(=O)O. The fraction of sp³-hybridized carbons (Fsp3) is 0.385. The summed E-state index contributed by atoms with van der Waals surface area (Å²) in [6.45, 7) is 0. The van der Waals surface area contributed by atoms with Gasteiger partial charge in [-0.3, -0.25) is 4.79 Å². The van der Waals surface area contributed by atoms with E-state index in [1.54, 1.807) is 12.1 Å². The zero-order valence-corrected chi connectivity index (χ0v) is 10.8. The molecule has 0 spiro atoms. The van der Waals surface area contributed by atoms with E-state index >= 15 is 0 Å². The topological polar surface area (TPSA) is 93.1 Å². The Bertz CT molecular complexity index is 468. The fourth-order valence-electron chi connectivity index (χ4n) is 1.66. The molecule has 0 aromatic heterocycles. The van der Waals surface area contributed by atoms with Crippen LogP contribution in [0.1, 0.15) is 23.7 Å². The number of aliphatic hydroxyl groups excluding tert-OH is 1. The molecule has 1 aromatic rings. The summed E-state index contributed by atoms with van der Waals surface area (Å²) in [5.74, 6) is -1.22. The fourth-order valence-corrected chi connectivity index (χ4v) is 1.66. The summed E-state index contributed by atoms with van der Waals surface area (Å²) < 4.78 is 9.57. The van der Waals surface area contributed by atoms with E-state index in [-0.39, 0.29) is 18.4 Å². The quantitative estimate of drug-likeness (QED) is 0.745. The Morgan fingerprint density at radius 3 is 2.53 bits per heavy atom. The van der Waals surface area contributed by atoms with Crippen molar-refractivity contribution in [1.29, 1.82) is 0 Å². The van der Waals surface area contributed by atoms with Crippen LogP contribution in [0.5, 0.6) is 5.75 Å². The van der Waals surface area contributed by atoms with Gasteiger partial charge in [0.05, 0.1) is 14.2 Å². The minimum atomic E-state index is -1.63. The van der Waals surface area contributed by atoms with E-state index < -0.39 is 18.0 Å². The molecule has 1 atom stereocenters. The molecule has 0 fully saturated rings. The van der Waals surface area contributed by atoms with Crippen LogP contribution < -0.4 is 4.74 Å². The van der Waals surface area contributed by atoms with E-state index in [9.17, 15) is 14.7 Å². The predicted octanol–water partition coefficient (Wildman–Crippen LogP) is 0.919. The van der Waals surface area contributed by atoms with Crippen molar-refractivity contribution in [3.8, 4) is 5.75 Å². The summed E-state index contributed by atoms with van der Waals surface area (Å²) in [7, 11) is 2.76. The smallest absolute Gasteiger partial charge is 0.337 e. The van der Waals surface area contributed by atoms with E-state index in [0.717, 1.165) is 0 Å². The monoisotopic (exact) mass is 268 g/mol. The molecule has 0 saturated carbocycles. The third-order valence-corrected chi connectivity index (χ3v) is 2.70. The first-order chi connectivity index (χ1) is 8.99. The lowest BCUT2D eigenvalue weighted by Crippen LogP contribution is -2.13. The van der Waals surface area contributed by atoms with Gasteiger partial charge in [-0.05, 0) is 29.7 Å². The van der Waals surface area contributed by atoms with Crippen LogP contribution in [0.25, 0.3) is 0 Å². The van der Waals surface area contributed by atoms with Crippen molar-refractivity contribution in [3.05, 3.63) is 29.3 Å². The minimum Gasteiger partial charge on any atom is -0.497 e. The second kappa shape index (κ2) is 6.75. The molecule has 0 aliphatic heterocycles. The number of rotatable bonds is 6. The van der Waals surface area contributed by atoms with Crippen LogP contribution in [0.4, 0.5) is 0 Å². The Kier molecular flexibility index (Phi) is 5.32. The molecule has 104 valence electrons. The Morgan fingerprint density at radius 2 is 2.00 bits per heavy atom. The van der Waals surface area contributed by atoms with Crippen LogP contribution in [0.3, 0.4) is 0 Å². The van der Waals surface area contributed by atoms with Crippen molar-refractivity contribution < 1.29 is 29.3 Å². The van der Waals surface area contributed by atoms with Crippen LogP contribution >= 0.6 is 0 Å². The minimum absolute atomic E-state index is 0.100. The largest absolute Gasteiger partial charge is 0.497 e. The summed E-state index contributed by atoms with van der Waals surface area (Å²) >= 11 is 0. The highest BCUT2D eigenvalue weighted by Gasteiger charge is 2.20. The van der Waals surface area contributed by atoms with Gasteiger partial charge in [0.15, 0.2) is 6.10 Å². The Labute approximate surface area is 110 Å². The lowest BCUT2D eigenvalue weighted by molar-refractivity contribution is -0.147. The van der Waals surface area contributed by atoms with Gasteiger partial charge in [0.25, 0.3) is 0 Å². The van der Waals surface area contributed by atoms with Crippen molar-refractivity contribution >= 4 is 11.9 Å². The molecule has 0 saturated heterocycles. The van der Waals surface area contributed by atoms with Gasteiger partial charge in [-0.2, -0.15) is 0 Å². The summed E-state index contributed by atoms with van der Waals surface area (Å²) in [4.78, 5) is 22.0. The van der Waals surface area contributed by atoms with Crippen molar-refractivity contribution in [2.45, 2.75) is 18.9 Å². The molecule has 0 aliphatic carbocycles. The van der Waals surface area contributed by atoms with Crippen LogP contribution in [0.2, 0.25) is 0 Å². The third kappa shape index (κ3) is 3.96. The van der Waals surface area contributed by atoms with Gasteiger partial charge in [0.1, 0.15) is 5.75 Å². The molecule has 0 aliphatic rings. The second-order valence-electron chi connectivity index (χ2n) is 3.88. The summed E-state index contributed by atoms with van der Waals surface area (Å²) in [6, 6.07) is 4.64. The molecule has 1 rings (SSSR count). The average Bonchev–Trinajstić information content (AvgIpc) is 2.43. The summed E-state index contributed by atoms with van der Waals surface area (Å²) in [6.07, 6.45) is -1.26. The lowest BCUT2D eigenvalue weighted by Gasteiger charge is -2.13. The summed E-state index contributed by atoms with van der Waals surface area (Å²) in [5.41, 5.74) is 0.789. The second-order valence-corrected chi connectivity index (χ2v) is 3.88. The van der Waals surface area contributed by atoms with Crippen molar-refractivity contribution in [2.75, 3.05) is 14.2 Å². The van der Waals surface area contributed by atoms with Crippen molar-refractivity contribution in [1.82, 2.24) is 0 Å². The molecule has 0 radical (unpaired) electrons. The maximum absolute atomic E-state index is 11.1. The van der Waals surface area contributed by atoms with Crippen molar-refractivity contribution in [3.63, 3.8) is 0 Å². The van der Waals surface area contributed by atoms with E-state index in [4.69, 9.17) is 9.84 Å². The number of esters is 1. The Balaban J connectivity index is 3.02. The van der Waals surface area contributed by atoms with E-state index in [1.165, 1.54) is 20.3 Å². The number of aliphatic hydroxyl groups is 1. The molecule has 19 heavy (non-hydrogen) atoms. The van der Waals surface area contributed by atoms with Gasteiger partial charge in [-0.15, -0.1) is 0 Å². The number of methoxy groups -OCH3 is 2. The van der Waals surface area contributed by atoms with Gasteiger partial charge < -0.3 is 19.7 Å². The van der Waals surface area contributed by atoms with E-state index in [0.29, 0.717) is 11.3 Å². The maximum Gasteiger partial charge on any atom is 0.337 e. The van der Waals surface area contributed by atoms with Crippen LogP contribution in [-0.4, -0.2) is 36.4 Å². The standard InChI is InChI=1S/C13H16O6/c1-18-9-4-5-10(12(15)13(16)17)8(7-9)3-6-11(14)19-2/h4-5,7,12,15H,3,6H2,1-2H3,(H,16,17). The Morgan fingerprint density at radius 1 is 1.32 bits per heavy atom. The first-order valence-electron chi connectivity index (χ1n) is 5.64. The molecule has 0 heterocycles. The molecule has 2 N–H and O–H groups in total. The van der Waals surface area contributed by atoms with Gasteiger partial charge in [0.2, 0.25) is 0 Å². The number of hydrogen-bond donors (Lipinski definition) is 2. The molecule has 1 aromatic carbocycles. The van der Waals surface area contributed by atoms with Gasteiger partial charge in [0, 0.05) is 6.42 Å². The highest BCUT2D eigenvalue weighted by Crippen LogP contribution is 2.24. The van der Waals surface area contributed by atoms with E-state index in [2.05, 4.69) is 4.74 Å². The zero-order chi connectivity index (χ0) is 14.4. The van der Waals surface area contributed by atoms with E-state index in [1.807, 2.05) is 0 Å². The number of ether oxygens (including phenoxy) is 2. The van der Waals surface area contributed by atoms with Gasteiger partial charge >= 0.3 is 11.9 Å². The molecular weight excluding hydrogens is 252 g/mol. The number of carbonyl (C=O) groups excluding carboxylic acids is 1. The number of hydrogen-bond acceptors (Lipinski definition) is 5. The summed E-state index contributed by atoms with van der Waals surface area (Å²) in [5, 5.41) is 18.4. The highest BCUT2D eigenvalue weighted by atomic mass is 16.5. The lowest BCUT2D eigenvalue weighted by atomic mass is 9.98. The number of benzene rings is 1. The molecule has 0 amide bonds. The molecule has 1 unspecified atom stereocenters.